The van der Waals surface area contributed by atoms with Gasteiger partial charge in [0, 0.05) is 11.8 Å². The molecule has 2 aromatic rings. The summed E-state index contributed by atoms with van der Waals surface area (Å²) in [5.74, 6) is -1.92. The summed E-state index contributed by atoms with van der Waals surface area (Å²) in [5, 5.41) is 2.52. The normalized spacial score (nSPS) is 10.7. The van der Waals surface area contributed by atoms with Gasteiger partial charge in [0.05, 0.1) is 25.3 Å². The first kappa shape index (κ1) is 21.5. The van der Waals surface area contributed by atoms with Crippen molar-refractivity contribution < 1.29 is 37.4 Å². The molecule has 29 heavy (non-hydrogen) atoms. The first-order chi connectivity index (χ1) is 13.8. The highest BCUT2D eigenvalue weighted by Gasteiger charge is 2.14. The van der Waals surface area contributed by atoms with E-state index in [2.05, 4.69) is 19.5 Å². The number of rotatable bonds is 7. The molecule has 0 fully saturated rings. The topological polar surface area (TPSA) is 90.9 Å². The number of esters is 2. The molecule has 2 aromatic carbocycles. The van der Waals surface area contributed by atoms with E-state index in [1.165, 1.54) is 68.8 Å². The quantitative estimate of drug-likeness (QED) is 0.560. The van der Waals surface area contributed by atoms with Crippen LogP contribution in [0.1, 0.15) is 26.3 Å². The van der Waals surface area contributed by atoms with E-state index in [0.717, 1.165) is 0 Å². The number of hydrogen-bond donors (Lipinski definition) is 1. The van der Waals surface area contributed by atoms with Crippen LogP contribution in [0.3, 0.4) is 0 Å². The van der Waals surface area contributed by atoms with Crippen molar-refractivity contribution in [1.29, 1.82) is 0 Å². The molecule has 2 rings (SSSR count). The second kappa shape index (κ2) is 9.98. The van der Waals surface area contributed by atoms with Gasteiger partial charge in [0.1, 0.15) is 5.75 Å². The van der Waals surface area contributed by atoms with Crippen molar-refractivity contribution in [1.82, 2.24) is 0 Å². The van der Waals surface area contributed by atoms with Crippen molar-refractivity contribution >= 4 is 29.6 Å². The number of benzene rings is 2. The van der Waals surface area contributed by atoms with E-state index in [1.807, 2.05) is 0 Å². The molecule has 152 valence electrons. The molecule has 0 saturated carbocycles. The Morgan fingerprint density at radius 2 is 1.48 bits per heavy atom. The van der Waals surface area contributed by atoms with Gasteiger partial charge in [-0.1, -0.05) is 12.1 Å². The zero-order valence-corrected chi connectivity index (χ0v) is 15.5. The van der Waals surface area contributed by atoms with Crippen molar-refractivity contribution in [3.63, 3.8) is 0 Å². The number of ether oxygens (including phenoxy) is 3. The Hall–Kier alpha value is -3.75. The minimum absolute atomic E-state index is 0.00318. The molecule has 0 unspecified atom stereocenters. The molecule has 0 aliphatic carbocycles. The summed E-state index contributed by atoms with van der Waals surface area (Å²) in [6.07, 6.45) is 2.65. The number of carbonyl (C=O) groups excluding carboxylic acids is 3. The number of alkyl halides is 2. The maximum Gasteiger partial charge on any atom is 0.387 e. The second-order valence-electron chi connectivity index (χ2n) is 5.55. The third-order valence-electron chi connectivity index (χ3n) is 3.58. The molecule has 0 spiro atoms. The number of carbonyl (C=O) groups is 3. The van der Waals surface area contributed by atoms with Crippen LogP contribution in [0.2, 0.25) is 0 Å². The molecule has 9 heteroatoms. The second-order valence-corrected chi connectivity index (χ2v) is 5.55. The summed E-state index contributed by atoms with van der Waals surface area (Å²) in [6, 6.07) is 9.65. The summed E-state index contributed by atoms with van der Waals surface area (Å²) in [4.78, 5) is 35.7. The molecule has 0 saturated heterocycles. The van der Waals surface area contributed by atoms with Gasteiger partial charge in [0.25, 0.3) is 0 Å². The van der Waals surface area contributed by atoms with E-state index in [1.54, 1.807) is 0 Å². The monoisotopic (exact) mass is 405 g/mol. The Morgan fingerprint density at radius 3 is 1.97 bits per heavy atom. The minimum atomic E-state index is -2.92. The van der Waals surface area contributed by atoms with E-state index in [0.29, 0.717) is 5.56 Å². The summed E-state index contributed by atoms with van der Waals surface area (Å²) < 4.78 is 37.8. The average Bonchev–Trinajstić information content (AvgIpc) is 2.71. The molecule has 1 amide bonds. The average molecular weight is 405 g/mol. The predicted molar refractivity (Wildman–Crippen MR) is 99.9 cm³/mol. The van der Waals surface area contributed by atoms with Crippen LogP contribution in [-0.4, -0.2) is 38.7 Å². The van der Waals surface area contributed by atoms with Crippen LogP contribution in [0.4, 0.5) is 14.5 Å². The van der Waals surface area contributed by atoms with Crippen LogP contribution in [0.25, 0.3) is 6.08 Å². The third kappa shape index (κ3) is 6.42. The molecule has 0 aromatic heterocycles. The Kier molecular flexibility index (Phi) is 7.41. The van der Waals surface area contributed by atoms with E-state index in [-0.39, 0.29) is 22.6 Å². The highest BCUT2D eigenvalue weighted by Crippen LogP contribution is 2.18. The zero-order chi connectivity index (χ0) is 21.4. The van der Waals surface area contributed by atoms with Gasteiger partial charge < -0.3 is 19.5 Å². The van der Waals surface area contributed by atoms with Crippen molar-refractivity contribution in [2.24, 2.45) is 0 Å². The standard InChI is InChI=1S/C20H17F2NO6/c1-27-18(25)13-9-14(19(26)28-2)11-15(10-13)23-17(24)8-5-12-3-6-16(7-4-12)29-20(21)22/h3-11,20H,1-2H3,(H,23,24). The van der Waals surface area contributed by atoms with Crippen LogP contribution >= 0.6 is 0 Å². The highest BCUT2D eigenvalue weighted by molar-refractivity contribution is 6.04. The lowest BCUT2D eigenvalue weighted by Gasteiger charge is -2.08. The molecule has 0 atom stereocenters. The largest absolute Gasteiger partial charge is 0.465 e. The lowest BCUT2D eigenvalue weighted by Crippen LogP contribution is -2.12. The molecular weight excluding hydrogens is 388 g/mol. The van der Waals surface area contributed by atoms with Gasteiger partial charge in [-0.3, -0.25) is 4.79 Å². The van der Waals surface area contributed by atoms with E-state index in [4.69, 9.17) is 0 Å². The molecule has 0 aliphatic heterocycles. The first-order valence-corrected chi connectivity index (χ1v) is 8.18. The van der Waals surface area contributed by atoms with E-state index in [9.17, 15) is 23.2 Å². The minimum Gasteiger partial charge on any atom is -0.465 e. The van der Waals surface area contributed by atoms with Crippen molar-refractivity contribution in [3.8, 4) is 5.75 Å². The van der Waals surface area contributed by atoms with Crippen molar-refractivity contribution in [2.45, 2.75) is 6.61 Å². The van der Waals surface area contributed by atoms with Gasteiger partial charge in [0.2, 0.25) is 5.91 Å². The molecule has 0 bridgehead atoms. The highest BCUT2D eigenvalue weighted by atomic mass is 19.3. The Morgan fingerprint density at radius 1 is 0.931 bits per heavy atom. The summed E-state index contributed by atoms with van der Waals surface area (Å²) in [6.45, 7) is -2.92. The molecule has 1 N–H and O–H groups in total. The van der Waals surface area contributed by atoms with Crippen LogP contribution < -0.4 is 10.1 Å². The zero-order valence-electron chi connectivity index (χ0n) is 15.5. The van der Waals surface area contributed by atoms with Crippen LogP contribution in [0.15, 0.2) is 48.5 Å². The van der Waals surface area contributed by atoms with Crippen LogP contribution in [0, 0.1) is 0 Å². The summed E-state index contributed by atoms with van der Waals surface area (Å²) in [7, 11) is 2.37. The fourth-order valence-electron chi connectivity index (χ4n) is 2.29. The Bertz CT molecular complexity index is 891. The molecule has 0 aliphatic rings. The van der Waals surface area contributed by atoms with Gasteiger partial charge in [-0.25, -0.2) is 9.59 Å². The molecular formula is C20H17F2NO6. The van der Waals surface area contributed by atoms with Crippen LogP contribution in [-0.2, 0) is 14.3 Å². The van der Waals surface area contributed by atoms with Gasteiger partial charge in [0.15, 0.2) is 0 Å². The molecule has 0 heterocycles. The lowest BCUT2D eigenvalue weighted by molar-refractivity contribution is -0.111. The number of amides is 1. The fraction of sp³-hybridized carbons (Fsp3) is 0.150. The SMILES string of the molecule is COC(=O)c1cc(NC(=O)C=Cc2ccc(OC(F)F)cc2)cc(C(=O)OC)c1. The number of hydrogen-bond acceptors (Lipinski definition) is 6. The van der Waals surface area contributed by atoms with Gasteiger partial charge in [-0.05, 0) is 42.0 Å². The predicted octanol–water partition coefficient (Wildman–Crippen LogP) is 3.51. The summed E-state index contributed by atoms with van der Waals surface area (Å²) >= 11 is 0. The van der Waals surface area contributed by atoms with Crippen molar-refractivity contribution in [2.75, 3.05) is 19.5 Å². The lowest BCUT2D eigenvalue weighted by atomic mass is 10.1. The number of halogens is 2. The van der Waals surface area contributed by atoms with Gasteiger partial charge in [-0.2, -0.15) is 8.78 Å². The van der Waals surface area contributed by atoms with Gasteiger partial charge in [-0.15, -0.1) is 0 Å². The smallest absolute Gasteiger partial charge is 0.387 e. The fourth-order valence-corrected chi connectivity index (χ4v) is 2.29. The Balaban J connectivity index is 2.13. The third-order valence-corrected chi connectivity index (χ3v) is 3.58. The van der Waals surface area contributed by atoms with E-state index < -0.39 is 24.5 Å². The van der Waals surface area contributed by atoms with E-state index >= 15 is 0 Å². The Labute approximate surface area is 164 Å². The van der Waals surface area contributed by atoms with Crippen LogP contribution in [0.5, 0.6) is 5.75 Å². The van der Waals surface area contributed by atoms with Gasteiger partial charge >= 0.3 is 18.6 Å². The first-order valence-electron chi connectivity index (χ1n) is 8.18. The molecule has 7 nitrogen and oxygen atoms in total. The number of anilines is 1. The summed E-state index contributed by atoms with van der Waals surface area (Å²) in [5.41, 5.74) is 0.873. The maximum absolute atomic E-state index is 12.1. The maximum atomic E-state index is 12.1. The molecule has 0 radical (unpaired) electrons. The number of nitrogens with one attached hydrogen (secondary N) is 1. The number of methoxy groups -OCH3 is 2. The van der Waals surface area contributed by atoms with Crippen molar-refractivity contribution in [3.05, 3.63) is 65.2 Å².